The molecule has 0 bridgehead atoms. The average Bonchev–Trinajstić information content (AvgIpc) is 2.26. The number of ether oxygens (including phenoxy) is 1. The second kappa shape index (κ2) is 4.94. The summed E-state index contributed by atoms with van der Waals surface area (Å²) in [4.78, 5) is 14.4. The Hall–Kier alpha value is -0.610. The Bertz CT molecular complexity index is 282. The zero-order chi connectivity index (χ0) is 13.3. The third-order valence-corrected chi connectivity index (χ3v) is 4.03. The largest absolute Gasteiger partial charge is 0.375 e. The lowest BCUT2D eigenvalue weighted by Gasteiger charge is -2.43. The summed E-state index contributed by atoms with van der Waals surface area (Å²) in [6.07, 6.45) is 1.11. The van der Waals surface area contributed by atoms with Gasteiger partial charge in [-0.25, -0.2) is 0 Å². The summed E-state index contributed by atoms with van der Waals surface area (Å²) in [6.45, 7) is 11.7. The molecular weight excluding hydrogens is 216 g/mol. The highest BCUT2D eigenvalue weighted by Gasteiger charge is 2.43. The van der Waals surface area contributed by atoms with Crippen molar-refractivity contribution in [1.29, 1.82) is 0 Å². The normalized spacial score (nSPS) is 22.7. The van der Waals surface area contributed by atoms with Crippen molar-refractivity contribution in [2.24, 2.45) is 11.1 Å². The average molecular weight is 242 g/mol. The summed E-state index contributed by atoms with van der Waals surface area (Å²) in [5.74, 6) is 0.131. The topological polar surface area (TPSA) is 55.6 Å². The third-order valence-electron chi connectivity index (χ3n) is 4.03. The van der Waals surface area contributed by atoms with E-state index in [1.165, 1.54) is 0 Å². The second-order valence-electron chi connectivity index (χ2n) is 6.00. The molecule has 1 atom stereocenters. The second-order valence-corrected chi connectivity index (χ2v) is 6.00. The van der Waals surface area contributed by atoms with Gasteiger partial charge in [0.15, 0.2) is 0 Å². The highest BCUT2D eigenvalue weighted by molar-refractivity contribution is 5.83. The molecule has 0 aliphatic carbocycles. The molecule has 100 valence electrons. The summed E-state index contributed by atoms with van der Waals surface area (Å²) in [5.41, 5.74) is 5.03. The van der Waals surface area contributed by atoms with Crippen LogP contribution >= 0.6 is 0 Å². The van der Waals surface area contributed by atoms with E-state index in [2.05, 4.69) is 6.92 Å². The summed E-state index contributed by atoms with van der Waals surface area (Å²) in [5, 5.41) is 0. The number of nitrogens with two attached hydrogens (primary N) is 1. The van der Waals surface area contributed by atoms with Gasteiger partial charge >= 0.3 is 0 Å². The van der Waals surface area contributed by atoms with Gasteiger partial charge in [-0.2, -0.15) is 0 Å². The Morgan fingerprint density at radius 3 is 2.47 bits per heavy atom. The molecule has 0 radical (unpaired) electrons. The van der Waals surface area contributed by atoms with E-state index in [9.17, 15) is 4.79 Å². The number of hydrogen-bond acceptors (Lipinski definition) is 3. The smallest absolute Gasteiger partial charge is 0.230 e. The Morgan fingerprint density at radius 1 is 1.41 bits per heavy atom. The van der Waals surface area contributed by atoms with Gasteiger partial charge in [0.2, 0.25) is 5.91 Å². The van der Waals surface area contributed by atoms with Gasteiger partial charge in [0.05, 0.1) is 18.1 Å². The van der Waals surface area contributed by atoms with Gasteiger partial charge in [-0.15, -0.1) is 0 Å². The molecule has 17 heavy (non-hydrogen) atoms. The van der Waals surface area contributed by atoms with Crippen LogP contribution in [-0.4, -0.2) is 42.1 Å². The lowest BCUT2D eigenvalue weighted by molar-refractivity contribution is -0.151. The SMILES string of the molecule is CCC1CN(C(=O)C(C)(C)C(C)(C)N)CCO1. The fourth-order valence-corrected chi connectivity index (χ4v) is 1.82. The summed E-state index contributed by atoms with van der Waals surface area (Å²) in [6, 6.07) is 0. The maximum atomic E-state index is 12.5. The van der Waals surface area contributed by atoms with Crippen LogP contribution in [0.1, 0.15) is 41.0 Å². The van der Waals surface area contributed by atoms with Crippen LogP contribution in [0, 0.1) is 5.41 Å². The van der Waals surface area contributed by atoms with Gasteiger partial charge in [-0.3, -0.25) is 4.79 Å². The Kier molecular flexibility index (Phi) is 4.20. The van der Waals surface area contributed by atoms with Gasteiger partial charge < -0.3 is 15.4 Å². The molecular formula is C13H26N2O2. The van der Waals surface area contributed by atoms with Crippen molar-refractivity contribution in [3.8, 4) is 0 Å². The van der Waals surface area contributed by atoms with Crippen LogP contribution in [0.4, 0.5) is 0 Å². The molecule has 1 amide bonds. The third kappa shape index (κ3) is 2.99. The van der Waals surface area contributed by atoms with Crippen molar-refractivity contribution >= 4 is 5.91 Å². The first-order chi connectivity index (χ1) is 7.70. The zero-order valence-corrected chi connectivity index (χ0v) is 11.7. The number of morpholine rings is 1. The van der Waals surface area contributed by atoms with Crippen molar-refractivity contribution in [3.05, 3.63) is 0 Å². The molecule has 1 fully saturated rings. The Balaban J connectivity index is 2.76. The van der Waals surface area contributed by atoms with Crippen molar-refractivity contribution in [2.45, 2.75) is 52.7 Å². The number of rotatable bonds is 3. The van der Waals surface area contributed by atoms with E-state index >= 15 is 0 Å². The summed E-state index contributed by atoms with van der Waals surface area (Å²) in [7, 11) is 0. The highest BCUT2D eigenvalue weighted by atomic mass is 16.5. The molecule has 1 heterocycles. The van der Waals surface area contributed by atoms with E-state index in [1.807, 2.05) is 32.6 Å². The van der Waals surface area contributed by atoms with Gasteiger partial charge in [0.1, 0.15) is 0 Å². The standard InChI is InChI=1S/C13H26N2O2/c1-6-10-9-15(7-8-17-10)11(16)12(2,3)13(4,5)14/h10H,6-9,14H2,1-5H3. The van der Waals surface area contributed by atoms with Crippen molar-refractivity contribution in [3.63, 3.8) is 0 Å². The van der Waals surface area contributed by atoms with Crippen molar-refractivity contribution in [1.82, 2.24) is 4.90 Å². The number of carbonyl (C=O) groups excluding carboxylic acids is 1. The predicted octanol–water partition coefficient (Wildman–Crippen LogP) is 1.39. The van der Waals surface area contributed by atoms with Gasteiger partial charge in [0, 0.05) is 18.6 Å². The van der Waals surface area contributed by atoms with Crippen LogP contribution in [0.2, 0.25) is 0 Å². The summed E-state index contributed by atoms with van der Waals surface area (Å²) >= 11 is 0. The van der Waals surface area contributed by atoms with Crippen LogP contribution in [0.3, 0.4) is 0 Å². The minimum absolute atomic E-state index is 0.131. The monoisotopic (exact) mass is 242 g/mol. The van der Waals surface area contributed by atoms with Crippen LogP contribution in [0.15, 0.2) is 0 Å². The first-order valence-electron chi connectivity index (χ1n) is 6.40. The van der Waals surface area contributed by atoms with Crippen LogP contribution < -0.4 is 5.73 Å². The van der Waals surface area contributed by atoms with E-state index in [-0.39, 0.29) is 12.0 Å². The molecule has 2 N–H and O–H groups in total. The summed E-state index contributed by atoms with van der Waals surface area (Å²) < 4.78 is 5.58. The molecule has 1 aliphatic heterocycles. The van der Waals surface area contributed by atoms with E-state index in [4.69, 9.17) is 10.5 Å². The molecule has 0 aromatic carbocycles. The molecule has 0 saturated carbocycles. The molecule has 0 spiro atoms. The number of hydrogen-bond donors (Lipinski definition) is 1. The first-order valence-corrected chi connectivity index (χ1v) is 6.40. The fourth-order valence-electron chi connectivity index (χ4n) is 1.82. The maximum absolute atomic E-state index is 12.5. The predicted molar refractivity (Wildman–Crippen MR) is 68.7 cm³/mol. The van der Waals surface area contributed by atoms with Gasteiger partial charge in [0.25, 0.3) is 0 Å². The Morgan fingerprint density at radius 2 is 2.00 bits per heavy atom. The molecule has 4 heteroatoms. The van der Waals surface area contributed by atoms with E-state index < -0.39 is 11.0 Å². The molecule has 1 saturated heterocycles. The van der Waals surface area contributed by atoms with Gasteiger partial charge in [-0.05, 0) is 34.1 Å². The van der Waals surface area contributed by atoms with Gasteiger partial charge in [-0.1, -0.05) is 6.92 Å². The molecule has 0 aromatic heterocycles. The number of nitrogens with zero attached hydrogens (tertiary/aromatic N) is 1. The van der Waals surface area contributed by atoms with Crippen LogP contribution in [-0.2, 0) is 9.53 Å². The van der Waals surface area contributed by atoms with Crippen molar-refractivity contribution < 1.29 is 9.53 Å². The number of carbonyl (C=O) groups is 1. The fraction of sp³-hybridized carbons (Fsp3) is 0.923. The minimum atomic E-state index is -0.553. The highest BCUT2D eigenvalue weighted by Crippen LogP contribution is 2.31. The van der Waals surface area contributed by atoms with Crippen LogP contribution in [0.25, 0.3) is 0 Å². The quantitative estimate of drug-likeness (QED) is 0.813. The van der Waals surface area contributed by atoms with Crippen molar-refractivity contribution in [2.75, 3.05) is 19.7 Å². The van der Waals surface area contributed by atoms with E-state index in [0.29, 0.717) is 19.7 Å². The van der Waals surface area contributed by atoms with E-state index in [1.54, 1.807) is 0 Å². The lowest BCUT2D eigenvalue weighted by Crippen LogP contribution is -2.59. The maximum Gasteiger partial charge on any atom is 0.230 e. The lowest BCUT2D eigenvalue weighted by atomic mass is 9.74. The zero-order valence-electron chi connectivity index (χ0n) is 11.7. The molecule has 0 aromatic rings. The minimum Gasteiger partial charge on any atom is -0.375 e. The molecule has 4 nitrogen and oxygen atoms in total. The first kappa shape index (κ1) is 14.5. The molecule has 1 unspecified atom stereocenters. The number of amides is 1. The molecule has 1 rings (SSSR count). The van der Waals surface area contributed by atoms with E-state index in [0.717, 1.165) is 6.42 Å². The molecule has 1 aliphatic rings. The van der Waals surface area contributed by atoms with Crippen LogP contribution in [0.5, 0.6) is 0 Å². The Labute approximate surface area is 104 Å².